The molecule has 18 heavy (non-hydrogen) atoms. The number of hydrogen-bond donors (Lipinski definition) is 0. The molecule has 1 aromatic rings. The lowest BCUT2D eigenvalue weighted by molar-refractivity contribution is -0.484. The molecule has 0 N–H and O–H groups in total. The van der Waals surface area contributed by atoms with Gasteiger partial charge in [-0.25, -0.2) is 9.78 Å². The largest absolute Gasteiger partial charge is 0.341 e. The standard InChI is InChI=1S/C15H18O3/c1-15(2)16-13-10-6-9-12(14(13)17-18-15)11-7-4-3-5-8-11/h3-5,7-9,13-14H,6,10H2,1-2H3/t13-,14-/m0/s1. The van der Waals surface area contributed by atoms with Crippen LogP contribution >= 0.6 is 0 Å². The number of fused-ring (bicyclic) bond motifs is 1. The van der Waals surface area contributed by atoms with Gasteiger partial charge in [0.05, 0.1) is 6.10 Å². The predicted molar refractivity (Wildman–Crippen MR) is 68.6 cm³/mol. The van der Waals surface area contributed by atoms with Crippen molar-refractivity contribution in [1.82, 2.24) is 0 Å². The van der Waals surface area contributed by atoms with Gasteiger partial charge in [0.15, 0.2) is 5.79 Å². The molecule has 3 nitrogen and oxygen atoms in total. The smallest absolute Gasteiger partial charge is 0.196 e. The van der Waals surface area contributed by atoms with E-state index in [4.69, 9.17) is 14.5 Å². The normalized spacial score (nSPS) is 30.4. The summed E-state index contributed by atoms with van der Waals surface area (Å²) in [5, 5.41) is 0. The Hall–Kier alpha value is -1.16. The maximum absolute atomic E-state index is 5.94. The van der Waals surface area contributed by atoms with Gasteiger partial charge in [-0.3, -0.25) is 0 Å². The Labute approximate surface area is 107 Å². The number of benzene rings is 1. The Kier molecular flexibility index (Phi) is 2.98. The fourth-order valence-corrected chi connectivity index (χ4v) is 2.57. The lowest BCUT2D eigenvalue weighted by atomic mass is 9.88. The molecule has 0 spiro atoms. The van der Waals surface area contributed by atoms with Crippen molar-refractivity contribution in [2.24, 2.45) is 0 Å². The molecular formula is C15H18O3. The first-order valence-electron chi connectivity index (χ1n) is 6.43. The van der Waals surface area contributed by atoms with Gasteiger partial charge in [0, 0.05) is 0 Å². The van der Waals surface area contributed by atoms with Crippen LogP contribution in [0.4, 0.5) is 0 Å². The average molecular weight is 246 g/mol. The van der Waals surface area contributed by atoms with E-state index in [-0.39, 0.29) is 12.2 Å². The molecule has 3 heteroatoms. The summed E-state index contributed by atoms with van der Waals surface area (Å²) >= 11 is 0. The van der Waals surface area contributed by atoms with Gasteiger partial charge < -0.3 is 4.74 Å². The van der Waals surface area contributed by atoms with E-state index in [1.807, 2.05) is 32.0 Å². The Morgan fingerprint density at radius 2 is 1.94 bits per heavy atom. The SMILES string of the molecule is CC1(C)OO[C@H]2C(c3ccccc3)=CCC[C@@H]2O1. The Balaban J connectivity index is 1.87. The van der Waals surface area contributed by atoms with Gasteiger partial charge >= 0.3 is 0 Å². The molecule has 1 heterocycles. The van der Waals surface area contributed by atoms with Gasteiger partial charge in [-0.15, -0.1) is 0 Å². The first-order valence-corrected chi connectivity index (χ1v) is 6.43. The zero-order valence-electron chi connectivity index (χ0n) is 10.8. The second kappa shape index (κ2) is 4.50. The van der Waals surface area contributed by atoms with Crippen molar-refractivity contribution in [1.29, 1.82) is 0 Å². The highest BCUT2D eigenvalue weighted by atomic mass is 17.2. The van der Waals surface area contributed by atoms with Crippen LogP contribution in [-0.2, 0) is 14.5 Å². The van der Waals surface area contributed by atoms with Gasteiger partial charge in [-0.2, -0.15) is 0 Å². The summed E-state index contributed by atoms with van der Waals surface area (Å²) in [6, 6.07) is 10.3. The van der Waals surface area contributed by atoms with E-state index in [1.54, 1.807) is 0 Å². The summed E-state index contributed by atoms with van der Waals surface area (Å²) in [5.74, 6) is -0.652. The van der Waals surface area contributed by atoms with Crippen LogP contribution in [0.2, 0.25) is 0 Å². The van der Waals surface area contributed by atoms with E-state index < -0.39 is 5.79 Å². The van der Waals surface area contributed by atoms with Crippen molar-refractivity contribution < 1.29 is 14.5 Å². The zero-order chi connectivity index (χ0) is 12.6. The van der Waals surface area contributed by atoms with Crippen LogP contribution in [0.15, 0.2) is 36.4 Å². The molecule has 1 fully saturated rings. The van der Waals surface area contributed by atoms with Gasteiger partial charge in [-0.1, -0.05) is 36.4 Å². The lowest BCUT2D eigenvalue weighted by Crippen LogP contribution is -2.48. The molecule has 96 valence electrons. The van der Waals surface area contributed by atoms with Crippen LogP contribution in [0.25, 0.3) is 5.57 Å². The highest BCUT2D eigenvalue weighted by Gasteiger charge is 2.41. The minimum absolute atomic E-state index is 0.0777. The molecule has 2 aliphatic rings. The molecule has 0 aromatic heterocycles. The summed E-state index contributed by atoms with van der Waals surface area (Å²) in [6.07, 6.45) is 4.18. The van der Waals surface area contributed by atoms with Crippen LogP contribution in [0, 0.1) is 0 Å². The molecule has 1 aliphatic carbocycles. The average Bonchev–Trinajstić information content (AvgIpc) is 2.37. The van der Waals surface area contributed by atoms with E-state index in [9.17, 15) is 0 Å². The van der Waals surface area contributed by atoms with Crippen molar-refractivity contribution in [2.45, 2.75) is 44.7 Å². The molecule has 3 rings (SSSR count). The van der Waals surface area contributed by atoms with Crippen molar-refractivity contribution in [3.63, 3.8) is 0 Å². The Bertz CT molecular complexity index is 450. The van der Waals surface area contributed by atoms with Gasteiger partial charge in [0.1, 0.15) is 6.10 Å². The summed E-state index contributed by atoms with van der Waals surface area (Å²) in [4.78, 5) is 10.9. The quantitative estimate of drug-likeness (QED) is 0.711. The highest BCUT2D eigenvalue weighted by molar-refractivity contribution is 5.70. The second-order valence-electron chi connectivity index (χ2n) is 5.26. The van der Waals surface area contributed by atoms with Crippen LogP contribution in [-0.4, -0.2) is 18.0 Å². The minimum Gasteiger partial charge on any atom is -0.341 e. The summed E-state index contributed by atoms with van der Waals surface area (Å²) < 4.78 is 5.94. The van der Waals surface area contributed by atoms with Gasteiger partial charge in [0.2, 0.25) is 0 Å². The lowest BCUT2D eigenvalue weighted by Gasteiger charge is -2.42. The van der Waals surface area contributed by atoms with Crippen LogP contribution in [0.3, 0.4) is 0 Å². The third-order valence-electron chi connectivity index (χ3n) is 3.35. The number of rotatable bonds is 1. The maximum atomic E-state index is 5.94. The van der Waals surface area contributed by atoms with Gasteiger partial charge in [0.25, 0.3) is 0 Å². The predicted octanol–water partition coefficient (Wildman–Crippen LogP) is 3.32. The van der Waals surface area contributed by atoms with E-state index in [1.165, 1.54) is 11.1 Å². The number of hydrogen-bond acceptors (Lipinski definition) is 3. The van der Waals surface area contributed by atoms with E-state index >= 15 is 0 Å². The summed E-state index contributed by atoms with van der Waals surface area (Å²) in [5.41, 5.74) is 2.35. The van der Waals surface area contributed by atoms with Crippen LogP contribution in [0.1, 0.15) is 32.3 Å². The molecule has 0 radical (unpaired) electrons. The molecule has 1 aliphatic heterocycles. The second-order valence-corrected chi connectivity index (χ2v) is 5.26. The molecule has 1 saturated heterocycles. The molecule has 1 aromatic carbocycles. The topological polar surface area (TPSA) is 27.7 Å². The molecule has 0 saturated carbocycles. The first-order chi connectivity index (χ1) is 8.66. The summed E-state index contributed by atoms with van der Waals surface area (Å²) in [6.45, 7) is 3.76. The summed E-state index contributed by atoms with van der Waals surface area (Å²) in [7, 11) is 0. The number of ether oxygens (including phenoxy) is 1. The van der Waals surface area contributed by atoms with Crippen molar-refractivity contribution in [2.75, 3.05) is 0 Å². The van der Waals surface area contributed by atoms with Crippen LogP contribution in [0.5, 0.6) is 0 Å². The molecule has 0 amide bonds. The Morgan fingerprint density at radius 3 is 2.72 bits per heavy atom. The monoisotopic (exact) mass is 246 g/mol. The van der Waals surface area contributed by atoms with E-state index in [2.05, 4.69) is 18.2 Å². The minimum atomic E-state index is -0.652. The third-order valence-corrected chi connectivity index (χ3v) is 3.35. The molecule has 2 atom stereocenters. The van der Waals surface area contributed by atoms with Gasteiger partial charge in [-0.05, 0) is 37.8 Å². The van der Waals surface area contributed by atoms with Crippen molar-refractivity contribution in [3.05, 3.63) is 42.0 Å². The number of allylic oxidation sites excluding steroid dienone is 1. The first kappa shape index (κ1) is 11.9. The zero-order valence-corrected chi connectivity index (χ0v) is 10.8. The molecular weight excluding hydrogens is 228 g/mol. The molecule has 0 unspecified atom stereocenters. The Morgan fingerprint density at radius 1 is 1.17 bits per heavy atom. The highest BCUT2D eigenvalue weighted by Crippen LogP contribution is 2.37. The third kappa shape index (κ3) is 2.21. The fourth-order valence-electron chi connectivity index (χ4n) is 2.57. The maximum Gasteiger partial charge on any atom is 0.196 e. The molecule has 0 bridgehead atoms. The van der Waals surface area contributed by atoms with E-state index in [0.717, 1.165) is 12.8 Å². The fraction of sp³-hybridized carbons (Fsp3) is 0.467. The van der Waals surface area contributed by atoms with Crippen molar-refractivity contribution >= 4 is 5.57 Å². The van der Waals surface area contributed by atoms with Crippen LogP contribution < -0.4 is 0 Å². The van der Waals surface area contributed by atoms with Crippen molar-refractivity contribution in [3.8, 4) is 0 Å². The van der Waals surface area contributed by atoms with E-state index in [0.29, 0.717) is 0 Å².